The zero-order valence-electron chi connectivity index (χ0n) is 12.3. The Bertz CT molecular complexity index is 400. The summed E-state index contributed by atoms with van der Waals surface area (Å²) in [6.45, 7) is 10.7. The molecule has 19 heavy (non-hydrogen) atoms. The third-order valence-electron chi connectivity index (χ3n) is 3.19. The Morgan fingerprint density at radius 2 is 2.11 bits per heavy atom. The lowest BCUT2D eigenvalue weighted by Crippen LogP contribution is -2.35. The van der Waals surface area contributed by atoms with Crippen LogP contribution in [0.5, 0.6) is 0 Å². The first-order valence-corrected chi connectivity index (χ1v) is 7.08. The molecule has 0 atom stereocenters. The second-order valence-corrected chi connectivity index (χ2v) is 4.63. The van der Waals surface area contributed by atoms with Gasteiger partial charge in [-0.1, -0.05) is 13.8 Å². The van der Waals surface area contributed by atoms with E-state index in [4.69, 9.17) is 5.73 Å². The molecule has 1 rings (SSSR count). The van der Waals surface area contributed by atoms with E-state index in [2.05, 4.69) is 24.1 Å². The van der Waals surface area contributed by atoms with E-state index >= 15 is 0 Å². The van der Waals surface area contributed by atoms with E-state index in [0.29, 0.717) is 17.9 Å². The smallest absolute Gasteiger partial charge is 0.268 e. The Labute approximate surface area is 115 Å². The van der Waals surface area contributed by atoms with Gasteiger partial charge in [0.15, 0.2) is 0 Å². The van der Waals surface area contributed by atoms with Crippen LogP contribution in [0.15, 0.2) is 12.3 Å². The Morgan fingerprint density at radius 3 is 2.68 bits per heavy atom. The molecule has 1 heterocycles. The van der Waals surface area contributed by atoms with Crippen molar-refractivity contribution in [2.75, 3.05) is 31.9 Å². The number of hydrogen-bond donors (Lipinski definition) is 2. The van der Waals surface area contributed by atoms with Crippen LogP contribution in [-0.4, -0.2) is 41.6 Å². The third kappa shape index (κ3) is 4.59. The van der Waals surface area contributed by atoms with Gasteiger partial charge in [-0.15, -0.1) is 0 Å². The lowest BCUT2D eigenvalue weighted by molar-refractivity contribution is 0.0939. The second-order valence-electron chi connectivity index (χ2n) is 4.63. The van der Waals surface area contributed by atoms with E-state index in [-0.39, 0.29) is 5.91 Å². The number of anilines is 1. The number of carbonyl (C=O) groups excluding carboxylic acids is 1. The van der Waals surface area contributed by atoms with Gasteiger partial charge in [0.25, 0.3) is 5.91 Å². The van der Waals surface area contributed by atoms with Crippen molar-refractivity contribution in [1.82, 2.24) is 14.8 Å². The van der Waals surface area contributed by atoms with E-state index in [9.17, 15) is 4.79 Å². The van der Waals surface area contributed by atoms with Gasteiger partial charge < -0.3 is 20.5 Å². The minimum Gasteiger partial charge on any atom is -0.397 e. The molecule has 0 aliphatic carbocycles. The minimum absolute atomic E-state index is 0.0499. The number of likely N-dealkylation sites (N-methyl/N-ethyl adjacent to an activating group) is 1. The van der Waals surface area contributed by atoms with Gasteiger partial charge in [0.2, 0.25) is 0 Å². The predicted octanol–water partition coefficient (Wildman–Crippen LogP) is 1.55. The average molecular weight is 266 g/mol. The minimum atomic E-state index is -0.0499. The first-order valence-electron chi connectivity index (χ1n) is 7.08. The van der Waals surface area contributed by atoms with Gasteiger partial charge >= 0.3 is 0 Å². The Hall–Kier alpha value is -1.49. The summed E-state index contributed by atoms with van der Waals surface area (Å²) < 4.78 is 1.87. The van der Waals surface area contributed by atoms with Gasteiger partial charge in [-0.3, -0.25) is 4.79 Å². The highest BCUT2D eigenvalue weighted by molar-refractivity contribution is 5.93. The first-order chi connectivity index (χ1) is 9.12. The van der Waals surface area contributed by atoms with Crippen molar-refractivity contribution < 1.29 is 4.79 Å². The van der Waals surface area contributed by atoms with Crippen LogP contribution in [0.4, 0.5) is 5.69 Å². The Balaban J connectivity index is 2.46. The maximum absolute atomic E-state index is 12.1. The zero-order chi connectivity index (χ0) is 14.3. The number of carbonyl (C=O) groups is 1. The quantitative estimate of drug-likeness (QED) is 0.750. The van der Waals surface area contributed by atoms with Crippen LogP contribution in [0.1, 0.15) is 37.7 Å². The molecule has 1 aromatic heterocycles. The van der Waals surface area contributed by atoms with E-state index in [1.165, 1.54) is 0 Å². The Morgan fingerprint density at radius 1 is 1.37 bits per heavy atom. The second kappa shape index (κ2) is 7.84. The molecule has 0 saturated heterocycles. The van der Waals surface area contributed by atoms with Gasteiger partial charge in [0.05, 0.1) is 5.69 Å². The molecule has 0 spiro atoms. The lowest BCUT2D eigenvalue weighted by Gasteiger charge is -2.19. The summed E-state index contributed by atoms with van der Waals surface area (Å²) in [7, 11) is 0. The monoisotopic (exact) mass is 266 g/mol. The standard InChI is InChI=1S/C14H26N4O/c1-4-8-17(5-2)9-7-16-14(19)13-10-12(15)11-18(13)6-3/h10-11H,4-9,15H2,1-3H3,(H,16,19). The molecule has 0 fully saturated rings. The van der Waals surface area contributed by atoms with Crippen molar-refractivity contribution in [3.05, 3.63) is 18.0 Å². The highest BCUT2D eigenvalue weighted by Gasteiger charge is 2.11. The summed E-state index contributed by atoms with van der Waals surface area (Å²) in [6.07, 6.45) is 2.93. The van der Waals surface area contributed by atoms with Crippen molar-refractivity contribution in [1.29, 1.82) is 0 Å². The summed E-state index contributed by atoms with van der Waals surface area (Å²) in [5.41, 5.74) is 6.99. The molecule has 5 nitrogen and oxygen atoms in total. The maximum atomic E-state index is 12.1. The molecule has 1 amide bonds. The zero-order valence-corrected chi connectivity index (χ0v) is 12.3. The molecule has 0 bridgehead atoms. The molecule has 0 aromatic carbocycles. The van der Waals surface area contributed by atoms with Gasteiger partial charge in [-0.2, -0.15) is 0 Å². The number of hydrogen-bond acceptors (Lipinski definition) is 3. The maximum Gasteiger partial charge on any atom is 0.268 e. The molecule has 0 unspecified atom stereocenters. The fourth-order valence-electron chi connectivity index (χ4n) is 2.15. The van der Waals surface area contributed by atoms with Crippen LogP contribution in [0, 0.1) is 0 Å². The van der Waals surface area contributed by atoms with Crippen LogP contribution in [0.25, 0.3) is 0 Å². The van der Waals surface area contributed by atoms with E-state index in [1.807, 2.05) is 11.5 Å². The molecule has 0 aliphatic heterocycles. The fraction of sp³-hybridized carbons (Fsp3) is 0.643. The summed E-state index contributed by atoms with van der Waals surface area (Å²) in [5.74, 6) is -0.0499. The fourth-order valence-corrected chi connectivity index (χ4v) is 2.15. The van der Waals surface area contributed by atoms with Crippen molar-refractivity contribution >= 4 is 11.6 Å². The number of nitrogens with zero attached hydrogens (tertiary/aromatic N) is 2. The topological polar surface area (TPSA) is 63.3 Å². The van der Waals surface area contributed by atoms with E-state index in [1.54, 1.807) is 12.3 Å². The van der Waals surface area contributed by atoms with Crippen LogP contribution in [0.2, 0.25) is 0 Å². The predicted molar refractivity (Wildman–Crippen MR) is 79.3 cm³/mol. The molecule has 0 aliphatic rings. The number of aryl methyl sites for hydroxylation is 1. The molecule has 1 aromatic rings. The number of amides is 1. The normalized spacial score (nSPS) is 10.9. The Kier molecular flexibility index (Phi) is 6.42. The highest BCUT2D eigenvalue weighted by Crippen LogP contribution is 2.10. The largest absolute Gasteiger partial charge is 0.397 e. The number of nitrogen functional groups attached to an aromatic ring is 1. The van der Waals surface area contributed by atoms with Gasteiger partial charge in [-0.05, 0) is 32.5 Å². The summed E-state index contributed by atoms with van der Waals surface area (Å²) in [5, 5.41) is 2.95. The van der Waals surface area contributed by atoms with Gasteiger partial charge in [-0.25, -0.2) is 0 Å². The van der Waals surface area contributed by atoms with E-state index < -0.39 is 0 Å². The molecule has 0 saturated carbocycles. The summed E-state index contributed by atoms with van der Waals surface area (Å²) in [6, 6.07) is 1.72. The van der Waals surface area contributed by atoms with Crippen molar-refractivity contribution in [2.24, 2.45) is 0 Å². The highest BCUT2D eigenvalue weighted by atomic mass is 16.1. The van der Waals surface area contributed by atoms with Crippen molar-refractivity contribution in [3.63, 3.8) is 0 Å². The number of aromatic nitrogens is 1. The average Bonchev–Trinajstić information content (AvgIpc) is 2.78. The molecule has 3 N–H and O–H groups in total. The summed E-state index contributed by atoms with van der Waals surface area (Å²) in [4.78, 5) is 14.4. The van der Waals surface area contributed by atoms with Gasteiger partial charge in [0.1, 0.15) is 5.69 Å². The number of rotatable bonds is 8. The van der Waals surface area contributed by atoms with E-state index in [0.717, 1.165) is 32.6 Å². The lowest BCUT2D eigenvalue weighted by atomic mass is 10.3. The van der Waals surface area contributed by atoms with Gasteiger partial charge in [0, 0.05) is 25.8 Å². The van der Waals surface area contributed by atoms with Crippen LogP contribution >= 0.6 is 0 Å². The van der Waals surface area contributed by atoms with Crippen LogP contribution in [0.3, 0.4) is 0 Å². The number of nitrogens with two attached hydrogens (primary N) is 1. The molecular formula is C14H26N4O. The summed E-state index contributed by atoms with van der Waals surface area (Å²) >= 11 is 0. The van der Waals surface area contributed by atoms with Crippen molar-refractivity contribution in [3.8, 4) is 0 Å². The SMILES string of the molecule is CCCN(CC)CCNC(=O)c1cc(N)cn1CC. The van der Waals surface area contributed by atoms with Crippen LogP contribution in [-0.2, 0) is 6.54 Å². The number of nitrogens with one attached hydrogen (secondary N) is 1. The van der Waals surface area contributed by atoms with Crippen molar-refractivity contribution in [2.45, 2.75) is 33.7 Å². The molecule has 0 radical (unpaired) electrons. The first kappa shape index (κ1) is 15.6. The molecular weight excluding hydrogens is 240 g/mol. The molecule has 108 valence electrons. The molecule has 5 heteroatoms. The van der Waals surface area contributed by atoms with Crippen LogP contribution < -0.4 is 11.1 Å². The third-order valence-corrected chi connectivity index (χ3v) is 3.19.